The second kappa shape index (κ2) is 9.77. The van der Waals surface area contributed by atoms with Crippen LogP contribution in [0.1, 0.15) is 53.5 Å². The molecule has 1 aliphatic heterocycles. The van der Waals surface area contributed by atoms with Gasteiger partial charge in [0.2, 0.25) is 5.91 Å². The minimum absolute atomic E-state index is 0.00237. The van der Waals surface area contributed by atoms with Gasteiger partial charge in [-0.2, -0.15) is 0 Å². The largest absolute Gasteiger partial charge is 0.352 e. The molecule has 3 rings (SSSR count). The molecule has 3 amide bonds. The van der Waals surface area contributed by atoms with Gasteiger partial charge in [-0.1, -0.05) is 51.1 Å². The van der Waals surface area contributed by atoms with Gasteiger partial charge in [0.15, 0.2) is 0 Å². The van der Waals surface area contributed by atoms with Crippen molar-refractivity contribution in [3.63, 3.8) is 0 Å². The highest BCUT2D eigenvalue weighted by Gasteiger charge is 2.24. The van der Waals surface area contributed by atoms with Crippen LogP contribution in [-0.4, -0.2) is 60.2 Å². The summed E-state index contributed by atoms with van der Waals surface area (Å²) in [5, 5.41) is 2.82. The van der Waals surface area contributed by atoms with Gasteiger partial charge in [0.25, 0.3) is 11.8 Å². The summed E-state index contributed by atoms with van der Waals surface area (Å²) in [7, 11) is 0. The van der Waals surface area contributed by atoms with Crippen molar-refractivity contribution in [2.45, 2.75) is 32.6 Å². The molecule has 0 atom stereocenters. The summed E-state index contributed by atoms with van der Waals surface area (Å²) in [6.45, 7) is 8.75. The molecule has 2 aromatic rings. The van der Waals surface area contributed by atoms with Crippen LogP contribution in [0.3, 0.4) is 0 Å². The maximum absolute atomic E-state index is 12.5. The van der Waals surface area contributed by atoms with Crippen molar-refractivity contribution in [2.75, 3.05) is 32.7 Å². The Morgan fingerprint density at radius 1 is 0.806 bits per heavy atom. The number of rotatable bonds is 5. The highest BCUT2D eigenvalue weighted by atomic mass is 16.2. The van der Waals surface area contributed by atoms with Crippen LogP contribution in [0, 0.1) is 0 Å². The first kappa shape index (κ1) is 22.5. The smallest absolute Gasteiger partial charge is 0.253 e. The number of hydrogen-bond acceptors (Lipinski definition) is 3. The van der Waals surface area contributed by atoms with Crippen LogP contribution >= 0.6 is 0 Å². The first-order valence-corrected chi connectivity index (χ1v) is 10.8. The molecule has 1 saturated heterocycles. The Morgan fingerprint density at radius 3 is 1.97 bits per heavy atom. The molecule has 0 unspecified atom stereocenters. The fourth-order valence-electron chi connectivity index (χ4n) is 3.59. The summed E-state index contributed by atoms with van der Waals surface area (Å²) < 4.78 is 0. The lowest BCUT2D eigenvalue weighted by Crippen LogP contribution is -2.51. The lowest BCUT2D eigenvalue weighted by molar-refractivity contribution is -0.132. The van der Waals surface area contributed by atoms with E-state index in [0.717, 1.165) is 0 Å². The predicted molar refractivity (Wildman–Crippen MR) is 121 cm³/mol. The van der Waals surface area contributed by atoms with Gasteiger partial charge in [0.1, 0.15) is 0 Å². The fourth-order valence-corrected chi connectivity index (χ4v) is 3.59. The van der Waals surface area contributed by atoms with Crippen LogP contribution in [0.5, 0.6) is 0 Å². The Kier molecular flexibility index (Phi) is 7.10. The van der Waals surface area contributed by atoms with E-state index in [-0.39, 0.29) is 29.6 Å². The highest BCUT2D eigenvalue weighted by Crippen LogP contribution is 2.22. The van der Waals surface area contributed by atoms with Crippen molar-refractivity contribution in [2.24, 2.45) is 0 Å². The van der Waals surface area contributed by atoms with Crippen molar-refractivity contribution in [1.29, 1.82) is 0 Å². The first-order valence-electron chi connectivity index (χ1n) is 10.8. The molecule has 1 N–H and O–H groups in total. The monoisotopic (exact) mass is 421 g/mol. The minimum Gasteiger partial charge on any atom is -0.352 e. The maximum Gasteiger partial charge on any atom is 0.253 e. The quantitative estimate of drug-likeness (QED) is 0.807. The average Bonchev–Trinajstić information content (AvgIpc) is 2.78. The van der Waals surface area contributed by atoms with Crippen LogP contribution < -0.4 is 5.32 Å². The highest BCUT2D eigenvalue weighted by molar-refractivity contribution is 5.95. The normalized spacial score (nSPS) is 14.3. The molecule has 1 fully saturated rings. The average molecular weight is 422 g/mol. The Morgan fingerprint density at radius 2 is 1.39 bits per heavy atom. The van der Waals surface area contributed by atoms with Gasteiger partial charge in [-0.3, -0.25) is 14.4 Å². The van der Waals surface area contributed by atoms with E-state index in [1.165, 1.54) is 5.56 Å². The van der Waals surface area contributed by atoms with E-state index >= 15 is 0 Å². The Balaban J connectivity index is 1.41. The molecule has 1 aliphatic rings. The van der Waals surface area contributed by atoms with Crippen molar-refractivity contribution in [3.05, 3.63) is 71.3 Å². The van der Waals surface area contributed by atoms with Crippen LogP contribution in [0.2, 0.25) is 0 Å². The Bertz CT molecular complexity index is 909. The summed E-state index contributed by atoms with van der Waals surface area (Å²) in [5.41, 5.74) is 2.47. The molecular weight excluding hydrogens is 390 g/mol. The number of nitrogens with one attached hydrogen (secondary N) is 1. The van der Waals surface area contributed by atoms with Gasteiger partial charge < -0.3 is 15.1 Å². The summed E-state index contributed by atoms with van der Waals surface area (Å²) in [5.74, 6) is -0.181. The second-order valence-corrected chi connectivity index (χ2v) is 8.87. The lowest BCUT2D eigenvalue weighted by Gasteiger charge is -2.35. The first-order chi connectivity index (χ1) is 14.8. The third kappa shape index (κ3) is 5.94. The number of piperazine rings is 1. The third-order valence-corrected chi connectivity index (χ3v) is 5.58. The van der Waals surface area contributed by atoms with E-state index in [9.17, 15) is 14.4 Å². The number of benzene rings is 2. The van der Waals surface area contributed by atoms with Gasteiger partial charge in [0.05, 0.1) is 0 Å². The molecule has 2 aromatic carbocycles. The van der Waals surface area contributed by atoms with Crippen LogP contribution in [0.25, 0.3) is 0 Å². The molecule has 0 aliphatic carbocycles. The Hall–Kier alpha value is -3.15. The van der Waals surface area contributed by atoms with Gasteiger partial charge in [0, 0.05) is 50.3 Å². The molecule has 1 heterocycles. The number of carbonyl (C=O) groups excluding carboxylic acids is 3. The zero-order valence-corrected chi connectivity index (χ0v) is 18.6. The summed E-state index contributed by atoms with van der Waals surface area (Å²) in [4.78, 5) is 40.9. The van der Waals surface area contributed by atoms with E-state index in [1.807, 2.05) is 42.5 Å². The molecule has 6 heteroatoms. The number of hydrogen-bond donors (Lipinski definition) is 1. The summed E-state index contributed by atoms with van der Waals surface area (Å²) >= 11 is 0. The van der Waals surface area contributed by atoms with E-state index in [4.69, 9.17) is 0 Å². The summed E-state index contributed by atoms with van der Waals surface area (Å²) in [6, 6.07) is 16.8. The van der Waals surface area contributed by atoms with Crippen molar-refractivity contribution in [1.82, 2.24) is 15.1 Å². The van der Waals surface area contributed by atoms with Gasteiger partial charge >= 0.3 is 0 Å². The van der Waals surface area contributed by atoms with Crippen molar-refractivity contribution >= 4 is 17.7 Å². The zero-order chi connectivity index (χ0) is 22.4. The molecular formula is C25H31N3O3. The van der Waals surface area contributed by atoms with Crippen LogP contribution in [0.15, 0.2) is 54.6 Å². The number of amides is 3. The molecule has 164 valence electrons. The molecule has 31 heavy (non-hydrogen) atoms. The third-order valence-electron chi connectivity index (χ3n) is 5.58. The SMILES string of the molecule is CC(C)(C)c1ccc(C(=O)NCCC(=O)N2CCN(C(=O)c3ccccc3)CC2)cc1. The van der Waals surface area contributed by atoms with Gasteiger partial charge in [-0.05, 0) is 35.2 Å². The maximum atomic E-state index is 12.5. The topological polar surface area (TPSA) is 69.7 Å². The second-order valence-electron chi connectivity index (χ2n) is 8.87. The number of carbonyl (C=O) groups is 3. The minimum atomic E-state index is -0.175. The standard InChI is InChI=1S/C25H31N3O3/c1-25(2,3)21-11-9-19(10-12-21)23(30)26-14-13-22(29)27-15-17-28(18-16-27)24(31)20-7-5-4-6-8-20/h4-12H,13-18H2,1-3H3,(H,26,30). The van der Waals surface area contributed by atoms with E-state index in [0.29, 0.717) is 43.9 Å². The van der Waals surface area contributed by atoms with E-state index in [1.54, 1.807) is 21.9 Å². The molecule has 0 saturated carbocycles. The van der Waals surface area contributed by atoms with Crippen molar-refractivity contribution in [3.8, 4) is 0 Å². The van der Waals surface area contributed by atoms with E-state index < -0.39 is 0 Å². The molecule has 6 nitrogen and oxygen atoms in total. The molecule has 0 aromatic heterocycles. The van der Waals surface area contributed by atoms with Crippen LogP contribution in [0.4, 0.5) is 0 Å². The van der Waals surface area contributed by atoms with Gasteiger partial charge in [-0.15, -0.1) is 0 Å². The molecule has 0 bridgehead atoms. The molecule has 0 radical (unpaired) electrons. The van der Waals surface area contributed by atoms with Gasteiger partial charge in [-0.25, -0.2) is 0 Å². The Labute approximate surface area is 184 Å². The predicted octanol–water partition coefficient (Wildman–Crippen LogP) is 3.09. The van der Waals surface area contributed by atoms with Crippen molar-refractivity contribution < 1.29 is 14.4 Å². The fraction of sp³-hybridized carbons (Fsp3) is 0.400. The molecule has 0 spiro atoms. The lowest BCUT2D eigenvalue weighted by atomic mass is 9.87. The zero-order valence-electron chi connectivity index (χ0n) is 18.6. The van der Waals surface area contributed by atoms with Crippen LogP contribution in [-0.2, 0) is 10.2 Å². The number of nitrogens with zero attached hydrogens (tertiary/aromatic N) is 2. The summed E-state index contributed by atoms with van der Waals surface area (Å²) in [6.07, 6.45) is 0.248. The van der Waals surface area contributed by atoms with E-state index in [2.05, 4.69) is 26.1 Å².